The van der Waals surface area contributed by atoms with Crippen molar-refractivity contribution in [3.8, 4) is 5.75 Å². The van der Waals surface area contributed by atoms with Crippen molar-refractivity contribution in [2.45, 2.75) is 52.6 Å². The Morgan fingerprint density at radius 1 is 0.913 bits per heavy atom. The van der Waals surface area contributed by atoms with Crippen molar-refractivity contribution in [1.29, 1.82) is 0 Å². The quantitative estimate of drug-likeness (QED) is 0.839. The SMILES string of the molecule is Cc1cc(C(C)(C)C)cc(Pc2ccccc2C(C)(C)O)c1O. The van der Waals surface area contributed by atoms with Gasteiger partial charge in [0.2, 0.25) is 0 Å². The zero-order valence-corrected chi connectivity index (χ0v) is 15.9. The first-order chi connectivity index (χ1) is 10.5. The van der Waals surface area contributed by atoms with E-state index >= 15 is 0 Å². The van der Waals surface area contributed by atoms with Crippen LogP contribution in [0.15, 0.2) is 36.4 Å². The van der Waals surface area contributed by atoms with Crippen LogP contribution in [0.5, 0.6) is 5.75 Å². The molecule has 0 saturated heterocycles. The molecule has 3 heteroatoms. The van der Waals surface area contributed by atoms with Crippen LogP contribution in [0.2, 0.25) is 0 Å². The monoisotopic (exact) mass is 330 g/mol. The van der Waals surface area contributed by atoms with Gasteiger partial charge in [-0.3, -0.25) is 0 Å². The summed E-state index contributed by atoms with van der Waals surface area (Å²) in [5, 5.41) is 22.9. The highest BCUT2D eigenvalue weighted by Gasteiger charge is 2.22. The van der Waals surface area contributed by atoms with Gasteiger partial charge in [-0.1, -0.05) is 59.7 Å². The molecular weight excluding hydrogens is 303 g/mol. The normalized spacial score (nSPS) is 13.0. The smallest absolute Gasteiger partial charge is 0.126 e. The molecular formula is C20H27O2P. The largest absolute Gasteiger partial charge is 0.507 e. The van der Waals surface area contributed by atoms with Gasteiger partial charge < -0.3 is 10.2 Å². The second kappa shape index (κ2) is 6.26. The van der Waals surface area contributed by atoms with Gasteiger partial charge in [0, 0.05) is 5.30 Å². The molecule has 0 spiro atoms. The fraction of sp³-hybridized carbons (Fsp3) is 0.400. The molecule has 2 aromatic carbocycles. The Bertz CT molecular complexity index is 707. The molecule has 0 saturated carbocycles. The lowest BCUT2D eigenvalue weighted by Gasteiger charge is -2.24. The van der Waals surface area contributed by atoms with Crippen molar-refractivity contribution in [1.82, 2.24) is 0 Å². The highest BCUT2D eigenvalue weighted by Crippen LogP contribution is 2.31. The molecule has 2 aromatic rings. The van der Waals surface area contributed by atoms with E-state index in [1.807, 2.05) is 31.2 Å². The van der Waals surface area contributed by atoms with E-state index in [0.29, 0.717) is 14.3 Å². The summed E-state index contributed by atoms with van der Waals surface area (Å²) in [5.41, 5.74) is 2.18. The van der Waals surface area contributed by atoms with E-state index in [9.17, 15) is 10.2 Å². The van der Waals surface area contributed by atoms with Gasteiger partial charge in [-0.25, -0.2) is 0 Å². The van der Waals surface area contributed by atoms with Crippen molar-refractivity contribution < 1.29 is 10.2 Å². The Morgan fingerprint density at radius 3 is 2.09 bits per heavy atom. The fourth-order valence-corrected chi connectivity index (χ4v) is 4.12. The van der Waals surface area contributed by atoms with Gasteiger partial charge in [-0.15, -0.1) is 0 Å². The highest BCUT2D eigenvalue weighted by molar-refractivity contribution is 7.55. The summed E-state index contributed by atoms with van der Waals surface area (Å²) in [5.74, 6) is 0.363. The number of benzene rings is 2. The zero-order chi connectivity index (χ0) is 17.4. The van der Waals surface area contributed by atoms with Gasteiger partial charge in [0.25, 0.3) is 0 Å². The number of hydrogen-bond donors (Lipinski definition) is 2. The molecule has 0 bridgehead atoms. The van der Waals surface area contributed by atoms with Crippen molar-refractivity contribution >= 4 is 19.2 Å². The van der Waals surface area contributed by atoms with E-state index < -0.39 is 5.60 Å². The third kappa shape index (κ3) is 4.13. The summed E-state index contributed by atoms with van der Waals surface area (Å²) in [6, 6.07) is 12.1. The summed E-state index contributed by atoms with van der Waals surface area (Å²) in [6.07, 6.45) is 0. The lowest BCUT2D eigenvalue weighted by atomic mass is 9.86. The Kier molecular flexibility index (Phi) is 4.89. The number of phenolic OH excluding ortho intramolecular Hbond substituents is 1. The summed E-state index contributed by atoms with van der Waals surface area (Å²) < 4.78 is 0. The van der Waals surface area contributed by atoms with Crippen LogP contribution in [-0.2, 0) is 11.0 Å². The van der Waals surface area contributed by atoms with Crippen LogP contribution in [0.1, 0.15) is 51.3 Å². The third-order valence-electron chi connectivity index (χ3n) is 4.02. The van der Waals surface area contributed by atoms with Crippen LogP contribution in [-0.4, -0.2) is 10.2 Å². The average Bonchev–Trinajstić information content (AvgIpc) is 2.42. The minimum Gasteiger partial charge on any atom is -0.507 e. The second-order valence-electron chi connectivity index (χ2n) is 7.67. The van der Waals surface area contributed by atoms with E-state index in [0.717, 1.165) is 21.7 Å². The molecule has 0 amide bonds. The Morgan fingerprint density at radius 2 is 1.52 bits per heavy atom. The minimum absolute atomic E-state index is 0.0352. The molecule has 0 aliphatic heterocycles. The van der Waals surface area contributed by atoms with E-state index in [1.54, 1.807) is 13.8 Å². The van der Waals surface area contributed by atoms with Gasteiger partial charge in [-0.2, -0.15) is 0 Å². The van der Waals surface area contributed by atoms with Crippen molar-refractivity contribution in [3.63, 3.8) is 0 Å². The fourth-order valence-electron chi connectivity index (χ4n) is 2.58. The van der Waals surface area contributed by atoms with Crippen LogP contribution in [0.4, 0.5) is 0 Å². The number of aromatic hydroxyl groups is 1. The van der Waals surface area contributed by atoms with Crippen molar-refractivity contribution in [2.75, 3.05) is 0 Å². The molecule has 0 aliphatic rings. The Labute approximate surface area is 141 Å². The predicted molar refractivity (Wildman–Crippen MR) is 101 cm³/mol. The summed E-state index contributed by atoms with van der Waals surface area (Å²) in [6.45, 7) is 12.1. The zero-order valence-electron chi connectivity index (χ0n) is 14.9. The van der Waals surface area contributed by atoms with Crippen LogP contribution in [0.25, 0.3) is 0 Å². The molecule has 23 heavy (non-hydrogen) atoms. The summed E-state index contributed by atoms with van der Waals surface area (Å²) >= 11 is 0. The molecule has 2 rings (SSSR count). The highest BCUT2D eigenvalue weighted by atomic mass is 31.1. The molecule has 0 fully saturated rings. The first-order valence-corrected chi connectivity index (χ1v) is 8.93. The molecule has 124 valence electrons. The maximum atomic E-state index is 10.5. The van der Waals surface area contributed by atoms with Crippen LogP contribution in [0, 0.1) is 6.92 Å². The average molecular weight is 330 g/mol. The maximum absolute atomic E-state index is 10.5. The third-order valence-corrected chi connectivity index (χ3v) is 5.38. The molecule has 2 N–H and O–H groups in total. The maximum Gasteiger partial charge on any atom is 0.126 e. The van der Waals surface area contributed by atoms with E-state index in [1.165, 1.54) is 5.56 Å². The lowest BCUT2D eigenvalue weighted by Crippen LogP contribution is -2.24. The van der Waals surface area contributed by atoms with E-state index in [-0.39, 0.29) is 5.41 Å². The second-order valence-corrected chi connectivity index (χ2v) is 9.00. The van der Waals surface area contributed by atoms with Gasteiger partial charge >= 0.3 is 0 Å². The molecule has 0 aliphatic carbocycles. The molecule has 1 atom stereocenters. The lowest BCUT2D eigenvalue weighted by molar-refractivity contribution is 0.0797. The summed E-state index contributed by atoms with van der Waals surface area (Å²) in [4.78, 5) is 0. The Balaban J connectivity index is 2.52. The molecule has 0 aromatic heterocycles. The first-order valence-electron chi connectivity index (χ1n) is 7.93. The van der Waals surface area contributed by atoms with Gasteiger partial charge in [0.1, 0.15) is 5.75 Å². The molecule has 1 unspecified atom stereocenters. The Hall–Kier alpha value is -1.37. The van der Waals surface area contributed by atoms with Crippen LogP contribution in [0.3, 0.4) is 0 Å². The first kappa shape index (κ1) is 18.0. The number of aryl methyl sites for hydroxylation is 1. The summed E-state index contributed by atoms with van der Waals surface area (Å²) in [7, 11) is 0.310. The van der Waals surface area contributed by atoms with Gasteiger partial charge in [0.05, 0.1) is 5.60 Å². The number of phenols is 1. The van der Waals surface area contributed by atoms with Crippen LogP contribution >= 0.6 is 8.58 Å². The van der Waals surface area contributed by atoms with E-state index in [4.69, 9.17) is 0 Å². The standard InChI is InChI=1S/C20H27O2P/c1-13-11-14(19(2,3)4)12-17(18(13)21)23-16-10-8-7-9-15(16)20(5,6)22/h7-12,21-23H,1-6H3. The minimum atomic E-state index is -0.893. The molecule has 0 heterocycles. The van der Waals surface area contributed by atoms with Crippen LogP contribution < -0.4 is 10.6 Å². The molecule has 0 radical (unpaired) electrons. The van der Waals surface area contributed by atoms with Crippen molar-refractivity contribution in [3.05, 3.63) is 53.1 Å². The van der Waals surface area contributed by atoms with Gasteiger partial charge in [-0.05, 0) is 54.2 Å². The number of aliphatic hydroxyl groups is 1. The molecule has 2 nitrogen and oxygen atoms in total. The predicted octanol–water partition coefficient (Wildman–Crippen LogP) is 3.85. The topological polar surface area (TPSA) is 40.5 Å². The number of rotatable bonds is 3. The van der Waals surface area contributed by atoms with E-state index in [2.05, 4.69) is 32.9 Å². The van der Waals surface area contributed by atoms with Gasteiger partial charge in [0.15, 0.2) is 0 Å². The van der Waals surface area contributed by atoms with Crippen molar-refractivity contribution in [2.24, 2.45) is 0 Å². The number of hydrogen-bond acceptors (Lipinski definition) is 2.